The molecule has 1 aromatic heterocycles. The van der Waals surface area contributed by atoms with Gasteiger partial charge in [-0.15, -0.1) is 0 Å². The lowest BCUT2D eigenvalue weighted by molar-refractivity contribution is 1.00. The summed E-state index contributed by atoms with van der Waals surface area (Å²) in [5, 5.41) is 6.93. The third-order valence-electron chi connectivity index (χ3n) is 5.24. The Morgan fingerprint density at radius 2 is 1.70 bits per heavy atom. The molecule has 4 rings (SSSR count). The van der Waals surface area contributed by atoms with Crippen LogP contribution in [0.2, 0.25) is 0 Å². The van der Waals surface area contributed by atoms with E-state index in [-0.39, 0.29) is 6.04 Å². The molecule has 1 aliphatic carbocycles. The lowest BCUT2D eigenvalue weighted by Gasteiger charge is -2.24. The van der Waals surface area contributed by atoms with Crippen molar-refractivity contribution in [3.63, 3.8) is 0 Å². The molecule has 0 saturated heterocycles. The number of H-pyrrole nitrogens is 1. The maximum Gasteiger partial charge on any atom is 0.0768 e. The SMILES string of the molecule is C=C(C)Nc1ccc(NC(C(=C)c2c[nH]c3c2CC=CC=C3)c2ccccc2)cc1. The van der Waals surface area contributed by atoms with Crippen LogP contribution in [0.5, 0.6) is 0 Å². The highest BCUT2D eigenvalue weighted by molar-refractivity contribution is 5.77. The molecule has 3 N–H and O–H groups in total. The Morgan fingerprint density at radius 3 is 2.43 bits per heavy atom. The van der Waals surface area contributed by atoms with E-state index >= 15 is 0 Å². The van der Waals surface area contributed by atoms with E-state index in [0.717, 1.165) is 34.8 Å². The zero-order valence-corrected chi connectivity index (χ0v) is 17.3. The fourth-order valence-corrected chi connectivity index (χ4v) is 3.78. The van der Waals surface area contributed by atoms with Crippen LogP contribution in [-0.2, 0) is 6.42 Å². The van der Waals surface area contributed by atoms with E-state index in [2.05, 4.69) is 108 Å². The number of nitrogens with one attached hydrogen (secondary N) is 3. The molecular weight excluding hydrogens is 366 g/mol. The number of rotatable bonds is 7. The van der Waals surface area contributed by atoms with E-state index in [1.54, 1.807) is 0 Å². The van der Waals surface area contributed by atoms with Gasteiger partial charge in [0.05, 0.1) is 6.04 Å². The molecule has 0 radical (unpaired) electrons. The number of fused-ring (bicyclic) bond motifs is 1. The highest BCUT2D eigenvalue weighted by Gasteiger charge is 2.21. The van der Waals surface area contributed by atoms with Crippen molar-refractivity contribution in [3.05, 3.63) is 120 Å². The Labute approximate surface area is 178 Å². The van der Waals surface area contributed by atoms with Crippen molar-refractivity contribution >= 4 is 23.0 Å². The first kappa shape index (κ1) is 19.6. The van der Waals surface area contributed by atoms with Crippen LogP contribution in [0, 0.1) is 0 Å². The molecule has 0 saturated carbocycles. The fraction of sp³-hybridized carbons (Fsp3) is 0.111. The minimum atomic E-state index is -0.0396. The Balaban J connectivity index is 1.65. The van der Waals surface area contributed by atoms with Gasteiger partial charge in [0, 0.05) is 34.5 Å². The number of hydrogen-bond donors (Lipinski definition) is 3. The standard InChI is InChI=1S/C27H27N3/c1-19(2)29-22-14-16-23(17-15-22)30-27(21-10-6-4-7-11-21)20(3)25-18-28-26-13-9-5-8-12-24(25)26/h4-11,13-18,27-30H,1,3,12H2,2H3. The summed E-state index contributed by atoms with van der Waals surface area (Å²) in [5.74, 6) is 0. The van der Waals surface area contributed by atoms with Gasteiger partial charge in [-0.2, -0.15) is 0 Å². The molecule has 0 spiro atoms. The van der Waals surface area contributed by atoms with Gasteiger partial charge in [-0.1, -0.05) is 61.7 Å². The molecule has 1 aliphatic rings. The molecule has 3 nitrogen and oxygen atoms in total. The lowest BCUT2D eigenvalue weighted by Crippen LogP contribution is -2.13. The van der Waals surface area contributed by atoms with Crippen molar-refractivity contribution in [2.24, 2.45) is 0 Å². The molecule has 0 amide bonds. The summed E-state index contributed by atoms with van der Waals surface area (Å²) in [6, 6.07) is 18.7. The van der Waals surface area contributed by atoms with Crippen molar-refractivity contribution in [1.82, 2.24) is 4.98 Å². The van der Waals surface area contributed by atoms with Crippen LogP contribution >= 0.6 is 0 Å². The average molecular weight is 394 g/mol. The summed E-state index contributed by atoms with van der Waals surface area (Å²) in [6.45, 7) is 10.4. The number of allylic oxidation sites excluding steroid dienone is 4. The predicted molar refractivity (Wildman–Crippen MR) is 129 cm³/mol. The zero-order valence-electron chi connectivity index (χ0n) is 17.3. The van der Waals surface area contributed by atoms with Crippen molar-refractivity contribution in [2.45, 2.75) is 19.4 Å². The second-order valence-electron chi connectivity index (χ2n) is 7.58. The van der Waals surface area contributed by atoms with Gasteiger partial charge in [0.15, 0.2) is 0 Å². The van der Waals surface area contributed by atoms with Gasteiger partial charge < -0.3 is 15.6 Å². The van der Waals surface area contributed by atoms with Gasteiger partial charge in [0.2, 0.25) is 0 Å². The largest absolute Gasteiger partial charge is 0.374 e. The molecule has 0 aliphatic heterocycles. The summed E-state index contributed by atoms with van der Waals surface area (Å²) < 4.78 is 0. The maximum atomic E-state index is 4.51. The molecule has 0 fully saturated rings. The summed E-state index contributed by atoms with van der Waals surface area (Å²) in [6.07, 6.45) is 11.4. The Morgan fingerprint density at radius 1 is 0.967 bits per heavy atom. The van der Waals surface area contributed by atoms with Crippen molar-refractivity contribution < 1.29 is 0 Å². The quantitative estimate of drug-likeness (QED) is 0.406. The molecule has 150 valence electrons. The van der Waals surface area contributed by atoms with E-state index in [1.165, 1.54) is 16.7 Å². The van der Waals surface area contributed by atoms with E-state index in [1.807, 2.05) is 13.0 Å². The van der Waals surface area contributed by atoms with Gasteiger partial charge in [-0.05, 0) is 60.4 Å². The van der Waals surface area contributed by atoms with E-state index in [9.17, 15) is 0 Å². The lowest BCUT2D eigenvalue weighted by atomic mass is 9.91. The van der Waals surface area contributed by atoms with Gasteiger partial charge in [-0.3, -0.25) is 0 Å². The Bertz CT molecular complexity index is 1100. The van der Waals surface area contributed by atoms with Crippen LogP contribution in [0.25, 0.3) is 11.6 Å². The second-order valence-corrected chi connectivity index (χ2v) is 7.58. The number of anilines is 2. The van der Waals surface area contributed by atoms with E-state index in [0.29, 0.717) is 0 Å². The highest BCUT2D eigenvalue weighted by Crippen LogP contribution is 2.35. The third kappa shape index (κ3) is 4.31. The molecule has 3 heteroatoms. The first-order chi connectivity index (χ1) is 14.6. The summed E-state index contributed by atoms with van der Waals surface area (Å²) in [4.78, 5) is 3.41. The molecule has 30 heavy (non-hydrogen) atoms. The van der Waals surface area contributed by atoms with Gasteiger partial charge >= 0.3 is 0 Å². The van der Waals surface area contributed by atoms with Gasteiger partial charge in [0.25, 0.3) is 0 Å². The molecule has 0 bridgehead atoms. The normalized spacial score (nSPS) is 13.2. The van der Waals surface area contributed by atoms with Crippen molar-refractivity contribution in [3.8, 4) is 0 Å². The summed E-state index contributed by atoms with van der Waals surface area (Å²) in [7, 11) is 0. The van der Waals surface area contributed by atoms with E-state index in [4.69, 9.17) is 0 Å². The molecule has 1 atom stereocenters. The van der Waals surface area contributed by atoms with Crippen LogP contribution in [0.1, 0.15) is 35.3 Å². The summed E-state index contributed by atoms with van der Waals surface area (Å²) >= 11 is 0. The molecule has 3 aromatic rings. The third-order valence-corrected chi connectivity index (χ3v) is 5.24. The molecule has 1 unspecified atom stereocenters. The Hall–Kier alpha value is -3.72. The predicted octanol–water partition coefficient (Wildman–Crippen LogP) is 6.95. The van der Waals surface area contributed by atoms with Crippen LogP contribution in [0.4, 0.5) is 11.4 Å². The Kier molecular flexibility index (Phi) is 5.71. The number of benzene rings is 2. The van der Waals surface area contributed by atoms with Gasteiger partial charge in [-0.25, -0.2) is 0 Å². The van der Waals surface area contributed by atoms with Crippen molar-refractivity contribution in [2.75, 3.05) is 10.6 Å². The fourth-order valence-electron chi connectivity index (χ4n) is 3.78. The van der Waals surface area contributed by atoms with Gasteiger partial charge in [0.1, 0.15) is 0 Å². The van der Waals surface area contributed by atoms with Crippen LogP contribution in [0.3, 0.4) is 0 Å². The number of hydrogen-bond acceptors (Lipinski definition) is 2. The second kappa shape index (κ2) is 8.75. The first-order valence-corrected chi connectivity index (χ1v) is 10.2. The summed E-state index contributed by atoms with van der Waals surface area (Å²) in [5.41, 5.74) is 8.82. The maximum absolute atomic E-state index is 4.51. The van der Waals surface area contributed by atoms with Crippen LogP contribution in [-0.4, -0.2) is 4.98 Å². The minimum absolute atomic E-state index is 0.0396. The highest BCUT2D eigenvalue weighted by atomic mass is 14.9. The molecule has 1 heterocycles. The zero-order chi connectivity index (χ0) is 20.9. The van der Waals surface area contributed by atoms with E-state index < -0.39 is 0 Å². The molecular formula is C27H27N3. The first-order valence-electron chi connectivity index (χ1n) is 10.2. The monoisotopic (exact) mass is 393 g/mol. The molecule has 2 aromatic carbocycles. The number of aromatic amines is 1. The minimum Gasteiger partial charge on any atom is -0.374 e. The van der Waals surface area contributed by atoms with Crippen LogP contribution < -0.4 is 10.6 Å². The average Bonchev–Trinajstić information content (AvgIpc) is 3.01. The van der Waals surface area contributed by atoms with Crippen LogP contribution in [0.15, 0.2) is 97.9 Å². The van der Waals surface area contributed by atoms with Crippen molar-refractivity contribution in [1.29, 1.82) is 0 Å². The topological polar surface area (TPSA) is 39.8 Å². The smallest absolute Gasteiger partial charge is 0.0768 e. The number of aromatic nitrogens is 1.